The maximum atomic E-state index is 12.8. The van der Waals surface area contributed by atoms with Crippen LogP contribution in [0, 0.1) is 5.82 Å². The van der Waals surface area contributed by atoms with E-state index in [0.29, 0.717) is 18.0 Å². The van der Waals surface area contributed by atoms with Crippen molar-refractivity contribution >= 4 is 5.69 Å². The van der Waals surface area contributed by atoms with E-state index in [1.54, 1.807) is 13.0 Å². The second-order valence-electron chi connectivity index (χ2n) is 3.07. The molecule has 1 rings (SSSR count). The number of methoxy groups -OCH3 is 1. The lowest BCUT2D eigenvalue weighted by molar-refractivity contribution is 0.208. The minimum Gasteiger partial charge on any atom is -0.494 e. The molecule has 1 atom stereocenters. The van der Waals surface area contributed by atoms with Crippen molar-refractivity contribution in [1.82, 2.24) is 0 Å². The molecule has 3 nitrogen and oxygen atoms in total. The summed E-state index contributed by atoms with van der Waals surface area (Å²) >= 11 is 0. The fourth-order valence-corrected chi connectivity index (χ4v) is 1.07. The van der Waals surface area contributed by atoms with Gasteiger partial charge in [-0.05, 0) is 19.1 Å². The summed E-state index contributed by atoms with van der Waals surface area (Å²) in [6, 6.07) is 4.22. The number of rotatable bonds is 4. The Morgan fingerprint density at radius 3 is 2.86 bits per heavy atom. The Bertz CT molecular complexity index is 302. The quantitative estimate of drug-likeness (QED) is 0.774. The maximum absolute atomic E-state index is 12.8. The summed E-state index contributed by atoms with van der Waals surface area (Å²) in [4.78, 5) is 0. The third-order valence-electron chi connectivity index (χ3n) is 1.75. The van der Waals surface area contributed by atoms with Crippen LogP contribution in [0.25, 0.3) is 0 Å². The SMILES string of the molecule is COc1cc(F)ccc1NCC(C)O. The Balaban J connectivity index is 2.75. The van der Waals surface area contributed by atoms with E-state index in [0.717, 1.165) is 0 Å². The summed E-state index contributed by atoms with van der Waals surface area (Å²) < 4.78 is 17.8. The Labute approximate surface area is 82.5 Å². The number of ether oxygens (including phenoxy) is 1. The van der Waals surface area contributed by atoms with E-state index in [9.17, 15) is 4.39 Å². The number of nitrogens with one attached hydrogen (secondary N) is 1. The summed E-state index contributed by atoms with van der Waals surface area (Å²) in [6.07, 6.45) is -0.454. The fourth-order valence-electron chi connectivity index (χ4n) is 1.07. The summed E-state index contributed by atoms with van der Waals surface area (Å²) in [6.45, 7) is 2.07. The predicted molar refractivity (Wildman–Crippen MR) is 53.1 cm³/mol. The third kappa shape index (κ3) is 2.88. The van der Waals surface area contributed by atoms with Crippen LogP contribution in [0.2, 0.25) is 0 Å². The first-order chi connectivity index (χ1) is 6.63. The topological polar surface area (TPSA) is 41.5 Å². The normalized spacial score (nSPS) is 12.3. The van der Waals surface area contributed by atoms with E-state index < -0.39 is 6.10 Å². The average Bonchev–Trinajstić information content (AvgIpc) is 2.15. The van der Waals surface area contributed by atoms with Gasteiger partial charge in [-0.1, -0.05) is 0 Å². The zero-order chi connectivity index (χ0) is 10.6. The highest BCUT2D eigenvalue weighted by Crippen LogP contribution is 2.24. The van der Waals surface area contributed by atoms with Crippen LogP contribution >= 0.6 is 0 Å². The van der Waals surface area contributed by atoms with Gasteiger partial charge in [0.25, 0.3) is 0 Å². The Morgan fingerprint density at radius 1 is 1.57 bits per heavy atom. The molecule has 4 heteroatoms. The molecule has 1 unspecified atom stereocenters. The highest BCUT2D eigenvalue weighted by atomic mass is 19.1. The smallest absolute Gasteiger partial charge is 0.144 e. The highest BCUT2D eigenvalue weighted by Gasteiger charge is 2.04. The van der Waals surface area contributed by atoms with Crippen molar-refractivity contribution < 1.29 is 14.2 Å². The van der Waals surface area contributed by atoms with Gasteiger partial charge in [0.2, 0.25) is 0 Å². The molecule has 0 aliphatic rings. The van der Waals surface area contributed by atoms with Crippen molar-refractivity contribution in [3.63, 3.8) is 0 Å². The van der Waals surface area contributed by atoms with Gasteiger partial charge in [-0.15, -0.1) is 0 Å². The summed E-state index contributed by atoms with van der Waals surface area (Å²) in [5, 5.41) is 12.0. The van der Waals surface area contributed by atoms with Crippen molar-refractivity contribution in [2.75, 3.05) is 19.0 Å². The minimum atomic E-state index is -0.454. The van der Waals surface area contributed by atoms with Crippen molar-refractivity contribution in [2.24, 2.45) is 0 Å². The molecular formula is C10H14FNO2. The molecule has 0 aromatic heterocycles. The maximum Gasteiger partial charge on any atom is 0.144 e. The van der Waals surface area contributed by atoms with Crippen LogP contribution in [0.4, 0.5) is 10.1 Å². The molecule has 1 aromatic rings. The van der Waals surface area contributed by atoms with Crippen LogP contribution in [-0.2, 0) is 0 Å². The van der Waals surface area contributed by atoms with Crippen molar-refractivity contribution in [3.05, 3.63) is 24.0 Å². The predicted octanol–water partition coefficient (Wildman–Crippen LogP) is 1.63. The van der Waals surface area contributed by atoms with Gasteiger partial charge in [0, 0.05) is 12.6 Å². The van der Waals surface area contributed by atoms with Gasteiger partial charge in [0.05, 0.1) is 18.9 Å². The van der Waals surface area contributed by atoms with E-state index >= 15 is 0 Å². The lowest BCUT2D eigenvalue weighted by atomic mass is 10.2. The van der Waals surface area contributed by atoms with E-state index in [-0.39, 0.29) is 5.82 Å². The number of aliphatic hydroxyl groups is 1. The Kier molecular flexibility index (Phi) is 3.71. The van der Waals surface area contributed by atoms with Gasteiger partial charge < -0.3 is 15.2 Å². The van der Waals surface area contributed by atoms with Crippen molar-refractivity contribution in [3.8, 4) is 5.75 Å². The van der Waals surface area contributed by atoms with Crippen LogP contribution in [0.1, 0.15) is 6.92 Å². The Morgan fingerprint density at radius 2 is 2.29 bits per heavy atom. The molecule has 1 aromatic carbocycles. The number of anilines is 1. The minimum absolute atomic E-state index is 0.343. The second-order valence-corrected chi connectivity index (χ2v) is 3.07. The van der Waals surface area contributed by atoms with Crippen LogP contribution in [0.3, 0.4) is 0 Å². The van der Waals surface area contributed by atoms with Gasteiger partial charge in [0.1, 0.15) is 11.6 Å². The molecule has 0 bridgehead atoms. The van der Waals surface area contributed by atoms with Crippen LogP contribution in [0.15, 0.2) is 18.2 Å². The molecule has 78 valence electrons. The van der Waals surface area contributed by atoms with Crippen LogP contribution in [-0.4, -0.2) is 24.9 Å². The first-order valence-corrected chi connectivity index (χ1v) is 4.39. The van der Waals surface area contributed by atoms with Gasteiger partial charge in [0.15, 0.2) is 0 Å². The fraction of sp³-hybridized carbons (Fsp3) is 0.400. The molecule has 0 amide bonds. The Hall–Kier alpha value is -1.29. The van der Waals surface area contributed by atoms with Crippen molar-refractivity contribution in [1.29, 1.82) is 0 Å². The number of aliphatic hydroxyl groups excluding tert-OH is 1. The number of hydrogen-bond donors (Lipinski definition) is 2. The largest absolute Gasteiger partial charge is 0.494 e. The number of halogens is 1. The van der Waals surface area contributed by atoms with E-state index in [1.807, 2.05) is 0 Å². The first kappa shape index (κ1) is 10.8. The van der Waals surface area contributed by atoms with E-state index in [4.69, 9.17) is 9.84 Å². The molecule has 14 heavy (non-hydrogen) atoms. The molecular weight excluding hydrogens is 185 g/mol. The van der Waals surface area contributed by atoms with Gasteiger partial charge in [-0.25, -0.2) is 4.39 Å². The van der Waals surface area contributed by atoms with E-state index in [1.165, 1.54) is 19.2 Å². The molecule has 0 saturated carbocycles. The molecule has 0 heterocycles. The summed E-state index contributed by atoms with van der Waals surface area (Å²) in [5.41, 5.74) is 0.676. The zero-order valence-corrected chi connectivity index (χ0v) is 8.25. The van der Waals surface area contributed by atoms with Crippen LogP contribution in [0.5, 0.6) is 5.75 Å². The van der Waals surface area contributed by atoms with E-state index in [2.05, 4.69) is 5.32 Å². The third-order valence-corrected chi connectivity index (χ3v) is 1.75. The lowest BCUT2D eigenvalue weighted by Crippen LogP contribution is -2.15. The molecule has 0 radical (unpaired) electrons. The van der Waals surface area contributed by atoms with Crippen molar-refractivity contribution in [2.45, 2.75) is 13.0 Å². The number of benzene rings is 1. The van der Waals surface area contributed by atoms with Gasteiger partial charge in [-0.3, -0.25) is 0 Å². The first-order valence-electron chi connectivity index (χ1n) is 4.39. The molecule has 0 aliphatic heterocycles. The molecule has 0 saturated heterocycles. The summed E-state index contributed by atoms with van der Waals surface area (Å²) in [7, 11) is 1.47. The zero-order valence-electron chi connectivity index (χ0n) is 8.25. The average molecular weight is 199 g/mol. The second kappa shape index (κ2) is 4.81. The van der Waals surface area contributed by atoms with Gasteiger partial charge in [-0.2, -0.15) is 0 Å². The lowest BCUT2D eigenvalue weighted by Gasteiger charge is -2.12. The summed E-state index contributed by atoms with van der Waals surface area (Å²) in [5.74, 6) is 0.0927. The standard InChI is InChI=1S/C10H14FNO2/c1-7(13)6-12-9-4-3-8(11)5-10(9)14-2/h3-5,7,12-13H,6H2,1-2H3. The molecule has 0 fully saturated rings. The molecule has 2 N–H and O–H groups in total. The molecule has 0 aliphatic carbocycles. The molecule has 0 spiro atoms. The number of hydrogen-bond acceptors (Lipinski definition) is 3. The highest BCUT2D eigenvalue weighted by molar-refractivity contribution is 5.56. The monoisotopic (exact) mass is 199 g/mol. The van der Waals surface area contributed by atoms with Gasteiger partial charge >= 0.3 is 0 Å². The van der Waals surface area contributed by atoms with Crippen LogP contribution < -0.4 is 10.1 Å².